The number of Topliss-reactive ketones (excluding diaryl/α,β-unsaturated/α-hetero) is 1. The molecule has 5 rings (SSSR count). The molecule has 0 radical (unpaired) electrons. The Bertz CT molecular complexity index is 1380. The van der Waals surface area contributed by atoms with Gasteiger partial charge in [-0.05, 0) is 30.5 Å². The molecule has 4 heterocycles. The number of benzene rings is 1. The molecule has 0 aliphatic carbocycles. The topological polar surface area (TPSA) is 106 Å². The highest BCUT2D eigenvalue weighted by atomic mass is 79.9. The van der Waals surface area contributed by atoms with Crippen LogP contribution in [0.1, 0.15) is 27.3 Å². The van der Waals surface area contributed by atoms with Crippen molar-refractivity contribution in [1.82, 2.24) is 29.6 Å². The third kappa shape index (κ3) is 3.27. The summed E-state index contributed by atoms with van der Waals surface area (Å²) < 4.78 is 7.99. The Balaban J connectivity index is 1.52. The number of hydrogen-bond donors (Lipinski definition) is 1. The number of aromatic nitrogens is 5. The minimum atomic E-state index is -0.597. The Morgan fingerprint density at radius 1 is 1.25 bits per heavy atom. The monoisotopic (exact) mass is 494 g/mol. The van der Waals surface area contributed by atoms with Crippen molar-refractivity contribution >= 4 is 38.5 Å². The second-order valence-electron chi connectivity index (χ2n) is 7.52. The first kappa shape index (κ1) is 20.4. The normalized spacial score (nSPS) is 13.3. The van der Waals surface area contributed by atoms with Gasteiger partial charge in [0, 0.05) is 23.8 Å². The number of nitrogens with zero attached hydrogens (tertiary/aromatic N) is 5. The van der Waals surface area contributed by atoms with Crippen molar-refractivity contribution in [1.29, 1.82) is 0 Å². The van der Waals surface area contributed by atoms with Crippen molar-refractivity contribution in [2.45, 2.75) is 19.9 Å². The number of methoxy groups -OCH3 is 1. The molecule has 3 aromatic heterocycles. The van der Waals surface area contributed by atoms with Crippen LogP contribution in [0.4, 0.5) is 0 Å². The molecule has 1 aliphatic heterocycles. The maximum absolute atomic E-state index is 13.3. The average Bonchev–Trinajstić information content (AvgIpc) is 3.44. The number of rotatable bonds is 4. The van der Waals surface area contributed by atoms with Crippen molar-refractivity contribution in [3.8, 4) is 11.6 Å². The van der Waals surface area contributed by atoms with E-state index in [-0.39, 0.29) is 5.56 Å². The molecule has 1 amide bonds. The van der Waals surface area contributed by atoms with Crippen LogP contribution in [0.25, 0.3) is 16.7 Å². The van der Waals surface area contributed by atoms with Crippen LogP contribution in [0.5, 0.6) is 5.75 Å². The first-order chi connectivity index (χ1) is 15.5. The molecule has 9 nitrogen and oxygen atoms in total. The number of fused-ring (bicyclic) bond motifs is 2. The maximum Gasteiger partial charge on any atom is 0.295 e. The molecule has 162 valence electrons. The molecule has 0 spiro atoms. The van der Waals surface area contributed by atoms with Crippen LogP contribution < -0.4 is 4.74 Å². The number of carbonyl (C=O) groups is 2. The Kier molecular flexibility index (Phi) is 5.01. The smallest absolute Gasteiger partial charge is 0.295 e. The number of nitrogens with one attached hydrogen (secondary N) is 1. The number of ether oxygens (including phenoxy) is 1. The van der Waals surface area contributed by atoms with E-state index in [1.165, 1.54) is 29.7 Å². The molecule has 1 N–H and O–H groups in total. The van der Waals surface area contributed by atoms with Gasteiger partial charge in [0.2, 0.25) is 0 Å². The van der Waals surface area contributed by atoms with Crippen LogP contribution in [0.2, 0.25) is 0 Å². The Morgan fingerprint density at radius 3 is 2.84 bits per heavy atom. The number of ketones is 1. The van der Waals surface area contributed by atoms with Gasteiger partial charge in [-0.3, -0.25) is 9.59 Å². The SMILES string of the molecule is COc1cnc(-n2cnc(C)n2)c2[nH]cc(C(=O)C(=O)N3CCc4c(Br)cccc4C3)c12. The molecule has 1 aromatic carbocycles. The van der Waals surface area contributed by atoms with Gasteiger partial charge in [-0.25, -0.2) is 14.6 Å². The lowest BCUT2D eigenvalue weighted by molar-refractivity contribution is -0.127. The van der Waals surface area contributed by atoms with Gasteiger partial charge in [0.05, 0.1) is 29.8 Å². The Labute approximate surface area is 191 Å². The maximum atomic E-state index is 13.3. The van der Waals surface area contributed by atoms with Crippen molar-refractivity contribution in [2.24, 2.45) is 0 Å². The van der Waals surface area contributed by atoms with E-state index in [1.54, 1.807) is 18.2 Å². The predicted octanol–water partition coefficient (Wildman–Crippen LogP) is 2.99. The highest BCUT2D eigenvalue weighted by Crippen LogP contribution is 2.32. The van der Waals surface area contributed by atoms with E-state index in [4.69, 9.17) is 4.74 Å². The largest absolute Gasteiger partial charge is 0.494 e. The minimum Gasteiger partial charge on any atom is -0.494 e. The fraction of sp³-hybridized carbons (Fsp3) is 0.227. The van der Waals surface area contributed by atoms with Crippen LogP contribution in [0.3, 0.4) is 0 Å². The quantitative estimate of drug-likeness (QED) is 0.345. The third-order valence-electron chi connectivity index (χ3n) is 5.63. The van der Waals surface area contributed by atoms with E-state index < -0.39 is 11.7 Å². The molecule has 0 atom stereocenters. The van der Waals surface area contributed by atoms with Gasteiger partial charge in [0.15, 0.2) is 5.82 Å². The van der Waals surface area contributed by atoms with E-state index in [0.29, 0.717) is 47.8 Å². The molecular formula is C22H19BrN6O3. The first-order valence-electron chi connectivity index (χ1n) is 10.0. The molecule has 0 unspecified atom stereocenters. The summed E-state index contributed by atoms with van der Waals surface area (Å²) in [5, 5.41) is 4.79. The second-order valence-corrected chi connectivity index (χ2v) is 8.38. The zero-order valence-electron chi connectivity index (χ0n) is 17.4. The average molecular weight is 495 g/mol. The van der Waals surface area contributed by atoms with E-state index >= 15 is 0 Å². The summed E-state index contributed by atoms with van der Waals surface area (Å²) in [6, 6.07) is 5.91. The molecule has 0 saturated heterocycles. The molecule has 10 heteroatoms. The zero-order chi connectivity index (χ0) is 22.4. The van der Waals surface area contributed by atoms with Gasteiger partial charge in [0.1, 0.15) is 17.9 Å². The molecule has 0 bridgehead atoms. The number of amides is 1. The fourth-order valence-electron chi connectivity index (χ4n) is 4.05. The number of H-pyrrole nitrogens is 1. The molecular weight excluding hydrogens is 476 g/mol. The van der Waals surface area contributed by atoms with Crippen molar-refractivity contribution in [3.63, 3.8) is 0 Å². The summed E-state index contributed by atoms with van der Waals surface area (Å²) in [6.45, 7) is 2.64. The van der Waals surface area contributed by atoms with Crippen LogP contribution in [-0.2, 0) is 17.8 Å². The zero-order valence-corrected chi connectivity index (χ0v) is 19.0. The van der Waals surface area contributed by atoms with E-state index in [0.717, 1.165) is 10.0 Å². The molecule has 4 aromatic rings. The van der Waals surface area contributed by atoms with Crippen LogP contribution in [-0.4, -0.2) is 55.0 Å². The van der Waals surface area contributed by atoms with Crippen LogP contribution in [0.15, 0.2) is 41.4 Å². The van der Waals surface area contributed by atoms with Gasteiger partial charge in [-0.1, -0.05) is 28.1 Å². The fourth-order valence-corrected chi connectivity index (χ4v) is 4.66. The predicted molar refractivity (Wildman–Crippen MR) is 120 cm³/mol. The van der Waals surface area contributed by atoms with Crippen LogP contribution >= 0.6 is 15.9 Å². The molecule has 32 heavy (non-hydrogen) atoms. The highest BCUT2D eigenvalue weighted by Gasteiger charge is 2.30. The molecule has 0 saturated carbocycles. The van der Waals surface area contributed by atoms with E-state index in [1.807, 2.05) is 18.2 Å². The number of aryl methyl sites for hydroxylation is 1. The van der Waals surface area contributed by atoms with Gasteiger partial charge < -0.3 is 14.6 Å². The lowest BCUT2D eigenvalue weighted by Gasteiger charge is -2.29. The van der Waals surface area contributed by atoms with Gasteiger partial charge in [-0.2, -0.15) is 5.10 Å². The standard InChI is InChI=1S/C22H19BrN6O3/c1-12-26-11-29(27-12)21-19-18(17(32-2)9-25-21)15(8-24-19)20(30)22(31)28-7-6-14-13(10-28)4-3-5-16(14)23/h3-5,8-9,11,24H,6-7,10H2,1-2H3. The second kappa shape index (κ2) is 7.86. The summed E-state index contributed by atoms with van der Waals surface area (Å²) >= 11 is 3.56. The Hall–Kier alpha value is -3.53. The van der Waals surface area contributed by atoms with Gasteiger partial charge >= 0.3 is 0 Å². The lowest BCUT2D eigenvalue weighted by Crippen LogP contribution is -2.40. The van der Waals surface area contributed by atoms with Crippen molar-refractivity contribution in [3.05, 3.63) is 63.9 Å². The summed E-state index contributed by atoms with van der Waals surface area (Å²) in [6.07, 6.45) is 5.27. The van der Waals surface area contributed by atoms with E-state index in [2.05, 4.69) is 36.0 Å². The van der Waals surface area contributed by atoms with E-state index in [9.17, 15) is 9.59 Å². The van der Waals surface area contributed by atoms with Crippen molar-refractivity contribution < 1.29 is 14.3 Å². The third-order valence-corrected chi connectivity index (χ3v) is 6.38. The number of halogens is 1. The van der Waals surface area contributed by atoms with Gasteiger partial charge in [-0.15, -0.1) is 0 Å². The van der Waals surface area contributed by atoms with Crippen molar-refractivity contribution in [2.75, 3.05) is 13.7 Å². The van der Waals surface area contributed by atoms with Gasteiger partial charge in [0.25, 0.3) is 11.7 Å². The first-order valence-corrected chi connectivity index (χ1v) is 10.8. The molecule has 1 aliphatic rings. The number of aromatic amines is 1. The summed E-state index contributed by atoms with van der Waals surface area (Å²) in [4.78, 5) is 39.6. The number of pyridine rings is 1. The number of hydrogen-bond acceptors (Lipinski definition) is 6. The summed E-state index contributed by atoms with van der Waals surface area (Å²) in [5.41, 5.74) is 2.99. The molecule has 0 fully saturated rings. The number of carbonyl (C=O) groups excluding carboxylic acids is 2. The summed E-state index contributed by atoms with van der Waals surface area (Å²) in [5.74, 6) is 0.301. The lowest BCUT2D eigenvalue weighted by atomic mass is 9.99. The Morgan fingerprint density at radius 2 is 2.09 bits per heavy atom. The summed E-state index contributed by atoms with van der Waals surface area (Å²) in [7, 11) is 1.50. The minimum absolute atomic E-state index is 0.238. The highest BCUT2D eigenvalue weighted by molar-refractivity contribution is 9.10. The van der Waals surface area contributed by atoms with Crippen LogP contribution in [0, 0.1) is 6.92 Å².